The molecule has 4 rings (SSSR count). The molecule has 0 bridgehead atoms. The monoisotopic (exact) mass is 373 g/mol. The lowest BCUT2D eigenvalue weighted by atomic mass is 9.64. The molecule has 1 atom stereocenters. The molecular formula is C18H15NO4S2. The first-order chi connectivity index (χ1) is 12.1. The first-order valence-corrected chi connectivity index (χ1v) is 10.0. The Morgan fingerprint density at radius 3 is 2.08 bits per heavy atom. The highest BCUT2D eigenvalue weighted by molar-refractivity contribution is 8.11. The molecule has 1 aliphatic carbocycles. The number of rotatable bonds is 2. The van der Waals surface area contributed by atoms with Crippen LogP contribution in [0.15, 0.2) is 40.1 Å². The highest BCUT2D eigenvalue weighted by Crippen LogP contribution is 2.53. The zero-order chi connectivity index (χ0) is 17.6. The van der Waals surface area contributed by atoms with Crippen molar-refractivity contribution in [1.29, 1.82) is 0 Å². The van der Waals surface area contributed by atoms with Crippen molar-refractivity contribution >= 4 is 46.9 Å². The summed E-state index contributed by atoms with van der Waals surface area (Å²) in [6.07, 6.45) is 0.337. The van der Waals surface area contributed by atoms with Gasteiger partial charge in [0.2, 0.25) is 11.8 Å². The molecule has 1 N–H and O–H groups in total. The first-order valence-electron chi connectivity index (χ1n) is 8.05. The quantitative estimate of drug-likeness (QED) is 0.629. The molecule has 3 aliphatic rings. The Bertz CT molecular complexity index is 803. The van der Waals surface area contributed by atoms with Crippen LogP contribution in [0.4, 0.5) is 0 Å². The second kappa shape index (κ2) is 6.14. The van der Waals surface area contributed by atoms with E-state index >= 15 is 0 Å². The van der Waals surface area contributed by atoms with Crippen molar-refractivity contribution in [1.82, 2.24) is 5.32 Å². The average molecular weight is 373 g/mol. The number of piperidine rings is 1. The maximum atomic E-state index is 13.4. The van der Waals surface area contributed by atoms with E-state index in [2.05, 4.69) is 5.32 Å². The number of hydrogen-bond donors (Lipinski definition) is 1. The van der Waals surface area contributed by atoms with Crippen LogP contribution in [0, 0.1) is 5.92 Å². The zero-order valence-electron chi connectivity index (χ0n) is 13.2. The minimum atomic E-state index is -1.54. The fraction of sp³-hybridized carbons (Fsp3) is 0.333. The Balaban J connectivity index is 1.90. The van der Waals surface area contributed by atoms with E-state index in [1.165, 1.54) is 23.5 Å². The summed E-state index contributed by atoms with van der Waals surface area (Å²) in [4.78, 5) is 52.0. The number of benzene rings is 1. The van der Waals surface area contributed by atoms with Gasteiger partial charge in [0.15, 0.2) is 11.6 Å². The minimum Gasteiger partial charge on any atom is -0.296 e. The third-order valence-electron chi connectivity index (χ3n) is 4.90. The van der Waals surface area contributed by atoms with E-state index in [1.54, 1.807) is 24.3 Å². The molecule has 2 amide bonds. The van der Waals surface area contributed by atoms with E-state index in [0.29, 0.717) is 15.4 Å². The van der Waals surface area contributed by atoms with Crippen LogP contribution in [0.2, 0.25) is 0 Å². The summed E-state index contributed by atoms with van der Waals surface area (Å²) in [6, 6.07) is 8.80. The fourth-order valence-corrected chi connectivity index (χ4v) is 6.26. The van der Waals surface area contributed by atoms with Crippen LogP contribution in [0.1, 0.15) is 18.4 Å². The Kier molecular flexibility index (Phi) is 4.08. The molecule has 5 nitrogen and oxygen atoms in total. The summed E-state index contributed by atoms with van der Waals surface area (Å²) < 4.78 is 0. The van der Waals surface area contributed by atoms with Gasteiger partial charge in [-0.1, -0.05) is 30.3 Å². The van der Waals surface area contributed by atoms with Crippen molar-refractivity contribution < 1.29 is 19.2 Å². The molecule has 7 heteroatoms. The maximum Gasteiger partial charge on any atom is 0.231 e. The Labute approximate surface area is 153 Å². The molecule has 0 aromatic heterocycles. The van der Waals surface area contributed by atoms with Gasteiger partial charge in [0.1, 0.15) is 5.41 Å². The summed E-state index contributed by atoms with van der Waals surface area (Å²) in [6.45, 7) is 0. The highest BCUT2D eigenvalue weighted by atomic mass is 32.2. The van der Waals surface area contributed by atoms with Gasteiger partial charge in [0.25, 0.3) is 0 Å². The summed E-state index contributed by atoms with van der Waals surface area (Å²) >= 11 is 2.80. The zero-order valence-corrected chi connectivity index (χ0v) is 14.9. The Morgan fingerprint density at radius 2 is 1.52 bits per heavy atom. The molecule has 0 spiro atoms. The van der Waals surface area contributed by atoms with Gasteiger partial charge >= 0.3 is 0 Å². The molecule has 2 aliphatic heterocycles. The van der Waals surface area contributed by atoms with Gasteiger partial charge in [0.05, 0.1) is 15.7 Å². The topological polar surface area (TPSA) is 80.3 Å². The summed E-state index contributed by atoms with van der Waals surface area (Å²) in [7, 11) is 0. The second-order valence-electron chi connectivity index (χ2n) is 6.19. The standard InChI is InChI=1S/C18H15NO4S2/c20-12-7-6-11(17(23)19-12)18(10-4-2-1-3-5-10)15(21)13-14(16(18)22)25-9-8-24-13/h1-5,11H,6-9H2,(H,19,20,23). The number of ketones is 2. The summed E-state index contributed by atoms with van der Waals surface area (Å²) in [5.41, 5.74) is -1.00. The molecule has 1 aromatic carbocycles. The van der Waals surface area contributed by atoms with E-state index in [4.69, 9.17) is 0 Å². The number of Topliss-reactive ketones (excluding diaryl/α,β-unsaturated/α-hetero) is 2. The van der Waals surface area contributed by atoms with Gasteiger partial charge in [0, 0.05) is 17.9 Å². The summed E-state index contributed by atoms with van der Waals surface area (Å²) in [5, 5.41) is 2.31. The smallest absolute Gasteiger partial charge is 0.231 e. The first kappa shape index (κ1) is 16.6. The third-order valence-corrected chi connectivity index (χ3v) is 7.46. The SMILES string of the molecule is O=C1CCC(C2(c3ccccc3)C(=O)C3=C(SCCS3)C2=O)C(=O)N1. The molecule has 2 heterocycles. The number of nitrogens with one attached hydrogen (secondary N) is 1. The van der Waals surface area contributed by atoms with Gasteiger partial charge in [-0.25, -0.2) is 0 Å². The van der Waals surface area contributed by atoms with Gasteiger partial charge in [-0.2, -0.15) is 0 Å². The molecule has 128 valence electrons. The summed E-state index contributed by atoms with van der Waals surface area (Å²) in [5.74, 6) is -0.790. The van der Waals surface area contributed by atoms with Crippen LogP contribution in [-0.2, 0) is 24.6 Å². The van der Waals surface area contributed by atoms with Crippen LogP contribution in [0.5, 0.6) is 0 Å². The number of carbonyl (C=O) groups is 4. The van der Waals surface area contributed by atoms with Gasteiger partial charge in [-0.3, -0.25) is 24.5 Å². The van der Waals surface area contributed by atoms with Crippen molar-refractivity contribution in [2.75, 3.05) is 11.5 Å². The van der Waals surface area contributed by atoms with E-state index in [1.807, 2.05) is 6.07 Å². The van der Waals surface area contributed by atoms with E-state index in [-0.39, 0.29) is 30.3 Å². The maximum absolute atomic E-state index is 13.4. The van der Waals surface area contributed by atoms with E-state index in [0.717, 1.165) is 11.5 Å². The van der Waals surface area contributed by atoms with Crippen molar-refractivity contribution in [3.05, 3.63) is 45.7 Å². The number of amides is 2. The van der Waals surface area contributed by atoms with E-state index in [9.17, 15) is 19.2 Å². The molecule has 0 radical (unpaired) electrons. The van der Waals surface area contributed by atoms with E-state index < -0.39 is 17.2 Å². The van der Waals surface area contributed by atoms with Crippen LogP contribution >= 0.6 is 23.5 Å². The fourth-order valence-electron chi connectivity index (χ4n) is 3.80. The lowest BCUT2D eigenvalue weighted by Crippen LogP contribution is -2.55. The number of imide groups is 1. The molecular weight excluding hydrogens is 358 g/mol. The average Bonchev–Trinajstić information content (AvgIpc) is 2.85. The number of allylic oxidation sites excluding steroid dienone is 2. The van der Waals surface area contributed by atoms with Gasteiger partial charge in [-0.05, 0) is 12.0 Å². The second-order valence-corrected chi connectivity index (χ2v) is 8.40. The molecule has 25 heavy (non-hydrogen) atoms. The number of hydrogen-bond acceptors (Lipinski definition) is 6. The van der Waals surface area contributed by atoms with Crippen LogP contribution < -0.4 is 5.32 Å². The number of carbonyl (C=O) groups excluding carboxylic acids is 4. The Hall–Kier alpha value is -1.86. The van der Waals surface area contributed by atoms with Gasteiger partial charge < -0.3 is 0 Å². The van der Waals surface area contributed by atoms with Crippen molar-refractivity contribution in [2.45, 2.75) is 18.3 Å². The third kappa shape index (κ3) is 2.33. The van der Waals surface area contributed by atoms with Crippen molar-refractivity contribution in [2.24, 2.45) is 5.92 Å². The Morgan fingerprint density at radius 1 is 0.920 bits per heavy atom. The molecule has 1 saturated heterocycles. The number of thioether (sulfide) groups is 2. The normalized spacial score (nSPS) is 25.8. The van der Waals surface area contributed by atoms with Crippen molar-refractivity contribution in [3.63, 3.8) is 0 Å². The lowest BCUT2D eigenvalue weighted by molar-refractivity contribution is -0.145. The van der Waals surface area contributed by atoms with Crippen LogP contribution in [0.25, 0.3) is 0 Å². The van der Waals surface area contributed by atoms with Gasteiger partial charge in [-0.15, -0.1) is 23.5 Å². The predicted molar refractivity (Wildman–Crippen MR) is 95.9 cm³/mol. The van der Waals surface area contributed by atoms with Crippen LogP contribution in [0.3, 0.4) is 0 Å². The van der Waals surface area contributed by atoms with Crippen molar-refractivity contribution in [3.8, 4) is 0 Å². The minimum absolute atomic E-state index is 0.135. The highest BCUT2D eigenvalue weighted by Gasteiger charge is 2.62. The molecule has 1 unspecified atom stereocenters. The lowest BCUT2D eigenvalue weighted by Gasteiger charge is -2.36. The predicted octanol–water partition coefficient (Wildman–Crippen LogP) is 1.82. The molecule has 1 fully saturated rings. The van der Waals surface area contributed by atoms with Crippen LogP contribution in [-0.4, -0.2) is 34.9 Å². The molecule has 1 aromatic rings. The molecule has 0 saturated carbocycles. The largest absolute Gasteiger partial charge is 0.296 e.